The summed E-state index contributed by atoms with van der Waals surface area (Å²) in [7, 11) is 0. The van der Waals surface area contributed by atoms with Gasteiger partial charge in [0.1, 0.15) is 4.32 Å². The van der Waals surface area contributed by atoms with E-state index in [-0.39, 0.29) is 63.2 Å². The molecule has 0 amide bonds. The number of hydrogen-bond acceptors (Lipinski definition) is 3. The first kappa shape index (κ1) is 22.8. The fourth-order valence-corrected chi connectivity index (χ4v) is 0. The minimum Gasteiger partial charge on any atom is -0.480 e. The average Bonchev–Trinajstić information content (AvgIpc) is 1.65. The Labute approximate surface area is 114 Å². The molecule has 0 atom stereocenters. The molecule has 5 N–H and O–H groups in total. The quantitative estimate of drug-likeness (QED) is 0.360. The summed E-state index contributed by atoms with van der Waals surface area (Å²) >= 11 is 7.65. The van der Waals surface area contributed by atoms with E-state index in [0.717, 1.165) is 0 Å². The van der Waals surface area contributed by atoms with Gasteiger partial charge < -0.3 is 16.6 Å². The molecule has 0 spiro atoms. The van der Waals surface area contributed by atoms with Crippen molar-refractivity contribution in [2.24, 2.45) is 11.5 Å². The van der Waals surface area contributed by atoms with Crippen LogP contribution in [0.5, 0.6) is 0 Å². The molecule has 8 heteroatoms. The topological polar surface area (TPSA) is 89.3 Å². The molecule has 0 aliphatic rings. The summed E-state index contributed by atoms with van der Waals surface area (Å²) in [6.45, 7) is -0.278. The van der Waals surface area contributed by atoms with Crippen LogP contribution < -0.4 is 11.5 Å². The molecule has 0 aromatic carbocycles. The first-order chi connectivity index (χ1) is 4.00. The molecule has 0 aromatic rings. The number of carboxylic acids is 1. The number of rotatable bonds is 1. The summed E-state index contributed by atoms with van der Waals surface area (Å²) in [5, 5.41) is 7.60. The van der Waals surface area contributed by atoms with Crippen LogP contribution in [0.1, 0.15) is 0 Å². The van der Waals surface area contributed by atoms with Gasteiger partial charge in [-0.25, -0.2) is 0 Å². The van der Waals surface area contributed by atoms with Crippen molar-refractivity contribution in [2.75, 3.05) is 6.54 Å². The number of nitrogens with two attached hydrogens (primary N) is 2. The fourth-order valence-electron chi connectivity index (χ4n) is 0. The minimum absolute atomic E-state index is 0. The number of carbonyl (C=O) groups is 1. The van der Waals surface area contributed by atoms with Crippen molar-refractivity contribution in [2.45, 2.75) is 0 Å². The van der Waals surface area contributed by atoms with Gasteiger partial charge in [-0.1, -0.05) is 12.2 Å². The van der Waals surface area contributed by atoms with Crippen LogP contribution in [0.15, 0.2) is 0 Å². The van der Waals surface area contributed by atoms with Gasteiger partial charge in [0.25, 0.3) is 0 Å². The number of thiol groups is 1. The van der Waals surface area contributed by atoms with Gasteiger partial charge in [-0.15, -0.1) is 12.6 Å². The Morgan fingerprint density at radius 3 is 1.73 bits per heavy atom. The van der Waals surface area contributed by atoms with E-state index in [4.69, 9.17) is 10.8 Å². The summed E-state index contributed by atoms with van der Waals surface area (Å²) in [6, 6.07) is 0. The van der Waals surface area contributed by atoms with Crippen LogP contribution in [0, 0.1) is 35.6 Å². The van der Waals surface area contributed by atoms with Gasteiger partial charge >= 0.3 is 5.97 Å². The standard InChI is InChI=1S/C2H5NO2.CH3NS2.Co.La/c3-1-2(4)5;2-1(3)4;;/h1,3H2,(H,4,5);(H3,2,3,4);;. The first-order valence-electron chi connectivity index (χ1n) is 1.91. The zero-order valence-corrected chi connectivity index (χ0v) is 11.9. The third-order valence-electron chi connectivity index (χ3n) is 0.175. The predicted octanol–water partition coefficient (Wildman–Crippen LogP) is -0.813. The van der Waals surface area contributed by atoms with Crippen molar-refractivity contribution in [1.29, 1.82) is 0 Å². The molecule has 0 fully saturated rings. The van der Waals surface area contributed by atoms with E-state index >= 15 is 0 Å². The molecule has 0 saturated heterocycles. The smallest absolute Gasteiger partial charge is 0.317 e. The van der Waals surface area contributed by atoms with E-state index in [1.807, 2.05) is 0 Å². The molecule has 0 heterocycles. The molecule has 0 aliphatic heterocycles. The second-order valence-electron chi connectivity index (χ2n) is 0.936. The number of thiocarbonyl (C=S) groups is 1. The second-order valence-corrected chi connectivity index (χ2v) is 2.16. The summed E-state index contributed by atoms with van der Waals surface area (Å²) < 4.78 is 0.194. The molecule has 66 valence electrons. The summed E-state index contributed by atoms with van der Waals surface area (Å²) in [5.41, 5.74) is 9.28. The van der Waals surface area contributed by atoms with Crippen LogP contribution >= 0.6 is 24.8 Å². The molecule has 4 nitrogen and oxygen atoms in total. The van der Waals surface area contributed by atoms with Crippen molar-refractivity contribution in [1.82, 2.24) is 0 Å². The maximum absolute atomic E-state index is 9.24. The third-order valence-corrected chi connectivity index (χ3v) is 0.175. The van der Waals surface area contributed by atoms with E-state index in [9.17, 15) is 4.79 Å². The van der Waals surface area contributed by atoms with Gasteiger partial charge in [-0.2, -0.15) is 0 Å². The Morgan fingerprint density at radius 2 is 1.73 bits per heavy atom. The van der Waals surface area contributed by atoms with Crippen LogP contribution in [-0.2, 0) is 21.6 Å². The molecule has 0 unspecified atom stereocenters. The molecular weight excluding hydrogens is 358 g/mol. The zero-order valence-electron chi connectivity index (χ0n) is 5.48. The fraction of sp³-hybridized carbons (Fsp3) is 0.333. The Balaban J connectivity index is -0.0000000383. The maximum atomic E-state index is 9.24. The van der Waals surface area contributed by atoms with E-state index < -0.39 is 5.97 Å². The SMILES string of the molecule is NC(=S)S.NCC(=O)O.[Co].[La]. The van der Waals surface area contributed by atoms with E-state index in [1.54, 1.807) is 0 Å². The Bertz CT molecular complexity index is 112. The van der Waals surface area contributed by atoms with Gasteiger partial charge in [0.15, 0.2) is 0 Å². The molecule has 2 radical (unpaired) electrons. The van der Waals surface area contributed by atoms with Gasteiger partial charge in [0, 0.05) is 52.4 Å². The van der Waals surface area contributed by atoms with Crippen LogP contribution in [0.4, 0.5) is 0 Å². The van der Waals surface area contributed by atoms with E-state index in [2.05, 4.69) is 30.6 Å². The molecule has 11 heavy (non-hydrogen) atoms. The summed E-state index contributed by atoms with van der Waals surface area (Å²) in [4.78, 5) is 9.24. The summed E-state index contributed by atoms with van der Waals surface area (Å²) in [5.74, 6) is -0.968. The van der Waals surface area contributed by atoms with Crippen LogP contribution in [-0.4, -0.2) is 21.9 Å². The number of carboxylic acid groups (broad SMARTS) is 1. The van der Waals surface area contributed by atoms with Crippen LogP contribution in [0.25, 0.3) is 0 Å². The Morgan fingerprint density at radius 1 is 1.64 bits per heavy atom. The van der Waals surface area contributed by atoms with Crippen molar-refractivity contribution >= 4 is 35.1 Å². The van der Waals surface area contributed by atoms with Gasteiger partial charge in [0.05, 0.1) is 6.54 Å². The minimum atomic E-state index is -0.968. The maximum Gasteiger partial charge on any atom is 0.317 e. The predicted molar refractivity (Wildman–Crippen MR) is 42.5 cm³/mol. The van der Waals surface area contributed by atoms with Crippen LogP contribution in [0.3, 0.4) is 0 Å². The monoisotopic (exact) mass is 366 g/mol. The molecule has 0 rings (SSSR count). The second kappa shape index (κ2) is 17.5. The van der Waals surface area contributed by atoms with Gasteiger partial charge in [-0.05, 0) is 0 Å². The normalized spacial score (nSPS) is 5.64. The summed E-state index contributed by atoms with van der Waals surface area (Å²) in [6.07, 6.45) is 0. The van der Waals surface area contributed by atoms with Gasteiger partial charge in [0.2, 0.25) is 0 Å². The largest absolute Gasteiger partial charge is 0.480 e. The Hall–Kier alpha value is 1.37. The number of aliphatic carboxylic acids is 1. The zero-order chi connectivity index (χ0) is 7.86. The van der Waals surface area contributed by atoms with Crippen molar-refractivity contribution in [3.63, 3.8) is 0 Å². The molecule has 0 aliphatic carbocycles. The molecule has 0 aromatic heterocycles. The van der Waals surface area contributed by atoms with E-state index in [0.29, 0.717) is 0 Å². The third kappa shape index (κ3) is 87.9. The van der Waals surface area contributed by atoms with Gasteiger partial charge in [-0.3, -0.25) is 4.79 Å². The average molecular weight is 366 g/mol. The van der Waals surface area contributed by atoms with Crippen molar-refractivity contribution in [3.8, 4) is 0 Å². The first-order valence-corrected chi connectivity index (χ1v) is 2.76. The van der Waals surface area contributed by atoms with Crippen molar-refractivity contribution in [3.05, 3.63) is 0 Å². The van der Waals surface area contributed by atoms with Crippen molar-refractivity contribution < 1.29 is 62.3 Å². The molecule has 0 saturated carbocycles. The number of hydrogen-bond donors (Lipinski definition) is 4. The molecular formula is C3H8CoLaN2O2S2. The Kier molecular flexibility index (Phi) is 36.2. The molecule has 0 bridgehead atoms. The van der Waals surface area contributed by atoms with Crippen LogP contribution in [0.2, 0.25) is 0 Å². The van der Waals surface area contributed by atoms with E-state index in [1.165, 1.54) is 0 Å².